The maximum atomic E-state index is 12.2. The molecule has 0 aromatic heterocycles. The van der Waals surface area contributed by atoms with Crippen molar-refractivity contribution >= 4 is 11.9 Å². The Labute approximate surface area is 142 Å². The second-order valence-corrected chi connectivity index (χ2v) is 5.96. The van der Waals surface area contributed by atoms with Gasteiger partial charge in [-0.05, 0) is 37.1 Å². The maximum absolute atomic E-state index is 12.2. The molecule has 1 saturated heterocycles. The van der Waals surface area contributed by atoms with Gasteiger partial charge in [0.2, 0.25) is 0 Å². The highest BCUT2D eigenvalue weighted by Crippen LogP contribution is 2.27. The number of carbonyl (C=O) groups is 2. The lowest BCUT2D eigenvalue weighted by molar-refractivity contribution is -0.177. The number of esters is 2. The van der Waals surface area contributed by atoms with Gasteiger partial charge in [-0.15, -0.1) is 0 Å². The highest BCUT2D eigenvalue weighted by atomic mass is 16.7. The second kappa shape index (κ2) is 8.80. The fourth-order valence-electron chi connectivity index (χ4n) is 2.33. The van der Waals surface area contributed by atoms with Crippen molar-refractivity contribution < 1.29 is 28.5 Å². The van der Waals surface area contributed by atoms with E-state index < -0.39 is 11.9 Å². The standard InChI is InChI=1S/C18H24O6/c1-3-9-23-16(19)14-5-7-15(8-6-14)17(20)24-12-18(4-2)10-21-13-22-11-18/h5-8H,3-4,9-13H2,1-2H3. The summed E-state index contributed by atoms with van der Waals surface area (Å²) in [5, 5.41) is 0. The Hall–Kier alpha value is -1.92. The molecule has 0 radical (unpaired) electrons. The van der Waals surface area contributed by atoms with E-state index in [2.05, 4.69) is 0 Å². The molecule has 6 nitrogen and oxygen atoms in total. The van der Waals surface area contributed by atoms with Crippen LogP contribution in [0.1, 0.15) is 47.4 Å². The van der Waals surface area contributed by atoms with Crippen molar-refractivity contribution in [2.45, 2.75) is 26.7 Å². The molecule has 1 heterocycles. The Balaban J connectivity index is 1.91. The van der Waals surface area contributed by atoms with Crippen LogP contribution < -0.4 is 0 Å². The molecule has 0 saturated carbocycles. The third-order valence-electron chi connectivity index (χ3n) is 4.04. The van der Waals surface area contributed by atoms with Crippen LogP contribution in [0.5, 0.6) is 0 Å². The molecule has 1 aromatic rings. The summed E-state index contributed by atoms with van der Waals surface area (Å²) >= 11 is 0. The zero-order valence-corrected chi connectivity index (χ0v) is 14.2. The molecular weight excluding hydrogens is 312 g/mol. The number of carbonyl (C=O) groups excluding carboxylic acids is 2. The van der Waals surface area contributed by atoms with Crippen molar-refractivity contribution in [1.29, 1.82) is 0 Å². The van der Waals surface area contributed by atoms with Crippen LogP contribution >= 0.6 is 0 Å². The lowest BCUT2D eigenvalue weighted by Gasteiger charge is -2.35. The van der Waals surface area contributed by atoms with E-state index in [0.29, 0.717) is 30.9 Å². The van der Waals surface area contributed by atoms with E-state index >= 15 is 0 Å². The van der Waals surface area contributed by atoms with Crippen LogP contribution in [0, 0.1) is 5.41 Å². The van der Waals surface area contributed by atoms with Crippen molar-refractivity contribution in [2.75, 3.05) is 33.2 Å². The van der Waals surface area contributed by atoms with E-state index in [9.17, 15) is 9.59 Å². The molecule has 0 amide bonds. The van der Waals surface area contributed by atoms with Crippen LogP contribution in [0.2, 0.25) is 0 Å². The minimum Gasteiger partial charge on any atom is -0.462 e. The Bertz CT molecular complexity index is 545. The molecule has 24 heavy (non-hydrogen) atoms. The Morgan fingerprint density at radius 3 is 2.04 bits per heavy atom. The van der Waals surface area contributed by atoms with Crippen molar-refractivity contribution in [1.82, 2.24) is 0 Å². The highest BCUT2D eigenvalue weighted by molar-refractivity contribution is 5.93. The lowest BCUT2D eigenvalue weighted by Crippen LogP contribution is -2.41. The van der Waals surface area contributed by atoms with E-state index in [-0.39, 0.29) is 18.8 Å². The molecule has 0 atom stereocenters. The van der Waals surface area contributed by atoms with Crippen LogP contribution in [0.4, 0.5) is 0 Å². The maximum Gasteiger partial charge on any atom is 0.338 e. The van der Waals surface area contributed by atoms with Gasteiger partial charge in [-0.25, -0.2) is 9.59 Å². The summed E-state index contributed by atoms with van der Waals surface area (Å²) in [6.45, 7) is 5.87. The SMILES string of the molecule is CCCOC(=O)c1ccc(C(=O)OCC2(CC)COCOC2)cc1. The molecular formula is C18H24O6. The van der Waals surface area contributed by atoms with Gasteiger partial charge >= 0.3 is 11.9 Å². The zero-order chi connectivity index (χ0) is 17.4. The predicted molar refractivity (Wildman–Crippen MR) is 86.8 cm³/mol. The van der Waals surface area contributed by atoms with Gasteiger partial charge in [-0.3, -0.25) is 0 Å². The number of hydrogen-bond donors (Lipinski definition) is 0. The van der Waals surface area contributed by atoms with Gasteiger partial charge < -0.3 is 18.9 Å². The second-order valence-electron chi connectivity index (χ2n) is 5.96. The van der Waals surface area contributed by atoms with Gasteiger partial charge in [-0.2, -0.15) is 0 Å². The monoisotopic (exact) mass is 336 g/mol. The van der Waals surface area contributed by atoms with Crippen LogP contribution in [0.15, 0.2) is 24.3 Å². The molecule has 0 N–H and O–H groups in total. The third-order valence-corrected chi connectivity index (χ3v) is 4.04. The average molecular weight is 336 g/mol. The molecule has 0 spiro atoms. The smallest absolute Gasteiger partial charge is 0.338 e. The molecule has 6 heteroatoms. The van der Waals surface area contributed by atoms with E-state index in [4.69, 9.17) is 18.9 Å². The Kier molecular flexibility index (Phi) is 6.75. The van der Waals surface area contributed by atoms with Crippen LogP contribution in [-0.2, 0) is 18.9 Å². The van der Waals surface area contributed by atoms with Crippen molar-refractivity contribution in [3.63, 3.8) is 0 Å². The van der Waals surface area contributed by atoms with Gasteiger partial charge in [0, 0.05) is 0 Å². The quantitative estimate of drug-likeness (QED) is 0.713. The molecule has 1 aromatic carbocycles. The topological polar surface area (TPSA) is 71.1 Å². The van der Waals surface area contributed by atoms with Gasteiger partial charge in [0.05, 0.1) is 36.4 Å². The molecule has 2 rings (SSSR count). The lowest BCUT2D eigenvalue weighted by atomic mass is 9.87. The Morgan fingerprint density at radius 2 is 1.54 bits per heavy atom. The van der Waals surface area contributed by atoms with E-state index in [1.165, 1.54) is 0 Å². The third kappa shape index (κ3) is 4.79. The summed E-state index contributed by atoms with van der Waals surface area (Å²) in [7, 11) is 0. The van der Waals surface area contributed by atoms with Gasteiger partial charge in [0.25, 0.3) is 0 Å². The first kappa shape index (κ1) is 18.4. The average Bonchev–Trinajstić information content (AvgIpc) is 2.65. The molecule has 1 aliphatic heterocycles. The number of benzene rings is 1. The molecule has 1 fully saturated rings. The minimum absolute atomic E-state index is 0.239. The first-order valence-corrected chi connectivity index (χ1v) is 8.20. The summed E-state index contributed by atoms with van der Waals surface area (Å²) < 4.78 is 21.1. The molecule has 0 unspecified atom stereocenters. The van der Waals surface area contributed by atoms with E-state index in [1.54, 1.807) is 24.3 Å². The highest BCUT2D eigenvalue weighted by Gasteiger charge is 2.33. The summed E-state index contributed by atoms with van der Waals surface area (Å²) in [5.41, 5.74) is 0.516. The molecule has 1 aliphatic rings. The fraction of sp³-hybridized carbons (Fsp3) is 0.556. The zero-order valence-electron chi connectivity index (χ0n) is 14.2. The summed E-state index contributed by atoms with van der Waals surface area (Å²) in [6, 6.07) is 6.27. The minimum atomic E-state index is -0.429. The van der Waals surface area contributed by atoms with Crippen LogP contribution in [0.3, 0.4) is 0 Å². The van der Waals surface area contributed by atoms with Crippen molar-refractivity contribution in [3.05, 3.63) is 35.4 Å². The number of hydrogen-bond acceptors (Lipinski definition) is 6. The fourth-order valence-corrected chi connectivity index (χ4v) is 2.33. The molecule has 0 bridgehead atoms. The van der Waals surface area contributed by atoms with Crippen LogP contribution in [0.25, 0.3) is 0 Å². The predicted octanol–water partition coefficient (Wildman–Crippen LogP) is 2.81. The first-order valence-electron chi connectivity index (χ1n) is 8.20. The summed E-state index contributed by atoms with van der Waals surface area (Å²) in [6.07, 6.45) is 1.56. The molecule has 132 valence electrons. The van der Waals surface area contributed by atoms with Gasteiger partial charge in [0.15, 0.2) is 0 Å². The summed E-state index contributed by atoms with van der Waals surface area (Å²) in [5.74, 6) is -0.819. The first-order chi connectivity index (χ1) is 11.6. The van der Waals surface area contributed by atoms with Crippen LogP contribution in [-0.4, -0.2) is 45.2 Å². The van der Waals surface area contributed by atoms with E-state index in [0.717, 1.165) is 12.8 Å². The molecule has 0 aliphatic carbocycles. The van der Waals surface area contributed by atoms with Crippen molar-refractivity contribution in [2.24, 2.45) is 5.41 Å². The van der Waals surface area contributed by atoms with Crippen molar-refractivity contribution in [3.8, 4) is 0 Å². The summed E-state index contributed by atoms with van der Waals surface area (Å²) in [4.78, 5) is 23.9. The van der Waals surface area contributed by atoms with Gasteiger partial charge in [-0.1, -0.05) is 13.8 Å². The number of ether oxygens (including phenoxy) is 4. The largest absolute Gasteiger partial charge is 0.462 e. The Morgan fingerprint density at radius 1 is 1.00 bits per heavy atom. The normalized spacial score (nSPS) is 16.4. The van der Waals surface area contributed by atoms with E-state index in [1.807, 2.05) is 13.8 Å². The van der Waals surface area contributed by atoms with Gasteiger partial charge in [0.1, 0.15) is 13.4 Å². The number of rotatable bonds is 7.